The van der Waals surface area contributed by atoms with Gasteiger partial charge in [0.15, 0.2) is 0 Å². The highest BCUT2D eigenvalue weighted by molar-refractivity contribution is 5.83. The minimum atomic E-state index is 0.0679. The first-order valence-corrected chi connectivity index (χ1v) is 7.20. The second-order valence-electron chi connectivity index (χ2n) is 5.79. The number of rotatable bonds is 2. The summed E-state index contributed by atoms with van der Waals surface area (Å²) in [7, 11) is 0. The number of nitrogens with one attached hydrogen (secondary N) is 1. The minimum Gasteiger partial charge on any atom is -0.336 e. The number of piperidine rings is 1. The van der Waals surface area contributed by atoms with Crippen molar-refractivity contribution in [2.24, 2.45) is 5.92 Å². The zero-order valence-corrected chi connectivity index (χ0v) is 11.4. The van der Waals surface area contributed by atoms with E-state index in [0.717, 1.165) is 13.0 Å². The quantitative estimate of drug-likeness (QED) is 0.799. The standard InChI is InChI=1S/C14H26N2O/c1-4-12-8-7-11(3)16(12)14(17)13-10(2)6-5-9-15-13/h10-13,15H,4-9H2,1-3H3. The first-order valence-electron chi connectivity index (χ1n) is 7.20. The summed E-state index contributed by atoms with van der Waals surface area (Å²) >= 11 is 0. The van der Waals surface area contributed by atoms with E-state index in [1.165, 1.54) is 25.7 Å². The van der Waals surface area contributed by atoms with Crippen LogP contribution in [0.25, 0.3) is 0 Å². The van der Waals surface area contributed by atoms with Crippen molar-refractivity contribution in [2.45, 2.75) is 71.0 Å². The van der Waals surface area contributed by atoms with E-state index in [1.807, 2.05) is 0 Å². The van der Waals surface area contributed by atoms with Gasteiger partial charge in [-0.05, 0) is 51.5 Å². The zero-order chi connectivity index (χ0) is 12.4. The fraction of sp³-hybridized carbons (Fsp3) is 0.929. The van der Waals surface area contributed by atoms with Gasteiger partial charge in [-0.2, -0.15) is 0 Å². The highest BCUT2D eigenvalue weighted by Gasteiger charge is 2.38. The summed E-state index contributed by atoms with van der Waals surface area (Å²) in [4.78, 5) is 14.8. The third kappa shape index (κ3) is 2.49. The third-order valence-electron chi connectivity index (χ3n) is 4.55. The average molecular weight is 238 g/mol. The van der Waals surface area contributed by atoms with Crippen LogP contribution in [0.4, 0.5) is 0 Å². The van der Waals surface area contributed by atoms with Gasteiger partial charge >= 0.3 is 0 Å². The second-order valence-corrected chi connectivity index (χ2v) is 5.79. The Bertz CT molecular complexity index is 279. The van der Waals surface area contributed by atoms with Gasteiger partial charge in [-0.25, -0.2) is 0 Å². The van der Waals surface area contributed by atoms with Crippen LogP contribution in [0, 0.1) is 5.92 Å². The lowest BCUT2D eigenvalue weighted by molar-refractivity contribution is -0.138. The van der Waals surface area contributed by atoms with Crippen LogP contribution in [-0.4, -0.2) is 35.5 Å². The Labute approximate surface area is 105 Å². The Hall–Kier alpha value is -0.570. The Morgan fingerprint density at radius 3 is 2.71 bits per heavy atom. The zero-order valence-electron chi connectivity index (χ0n) is 11.4. The molecule has 1 N–H and O–H groups in total. The lowest BCUT2D eigenvalue weighted by atomic mass is 9.91. The molecule has 2 heterocycles. The molecule has 2 rings (SSSR count). The summed E-state index contributed by atoms with van der Waals surface area (Å²) < 4.78 is 0. The van der Waals surface area contributed by atoms with Crippen LogP contribution in [-0.2, 0) is 4.79 Å². The van der Waals surface area contributed by atoms with Crippen molar-refractivity contribution in [1.82, 2.24) is 10.2 Å². The molecule has 4 atom stereocenters. The number of carbonyl (C=O) groups is 1. The summed E-state index contributed by atoms with van der Waals surface area (Å²) in [6, 6.07) is 0.982. The number of likely N-dealkylation sites (tertiary alicyclic amines) is 1. The van der Waals surface area contributed by atoms with Crippen LogP contribution >= 0.6 is 0 Å². The molecule has 3 nitrogen and oxygen atoms in total. The van der Waals surface area contributed by atoms with Crippen LogP contribution in [0.5, 0.6) is 0 Å². The Morgan fingerprint density at radius 2 is 2.06 bits per heavy atom. The van der Waals surface area contributed by atoms with Gasteiger partial charge in [0.1, 0.15) is 0 Å². The lowest BCUT2D eigenvalue weighted by Gasteiger charge is -2.36. The lowest BCUT2D eigenvalue weighted by Crippen LogP contribution is -2.54. The number of amides is 1. The van der Waals surface area contributed by atoms with Crippen molar-refractivity contribution in [2.75, 3.05) is 6.54 Å². The molecule has 17 heavy (non-hydrogen) atoms. The van der Waals surface area contributed by atoms with Gasteiger partial charge in [-0.3, -0.25) is 4.79 Å². The van der Waals surface area contributed by atoms with Gasteiger partial charge < -0.3 is 10.2 Å². The van der Waals surface area contributed by atoms with E-state index < -0.39 is 0 Å². The molecule has 98 valence electrons. The molecule has 0 aromatic carbocycles. The van der Waals surface area contributed by atoms with E-state index in [9.17, 15) is 4.79 Å². The summed E-state index contributed by atoms with van der Waals surface area (Å²) in [5.41, 5.74) is 0. The molecule has 1 amide bonds. The van der Waals surface area contributed by atoms with Crippen LogP contribution in [0.15, 0.2) is 0 Å². The maximum Gasteiger partial charge on any atom is 0.240 e. The number of nitrogens with zero attached hydrogens (tertiary/aromatic N) is 1. The van der Waals surface area contributed by atoms with E-state index in [-0.39, 0.29) is 6.04 Å². The van der Waals surface area contributed by atoms with Crippen molar-refractivity contribution in [3.8, 4) is 0 Å². The molecule has 2 aliphatic heterocycles. The van der Waals surface area contributed by atoms with Gasteiger partial charge in [0.25, 0.3) is 0 Å². The highest BCUT2D eigenvalue weighted by Crippen LogP contribution is 2.28. The number of carbonyl (C=O) groups excluding carboxylic acids is 1. The molecule has 3 heteroatoms. The molecule has 0 bridgehead atoms. The van der Waals surface area contributed by atoms with Gasteiger partial charge in [0, 0.05) is 12.1 Å². The second kappa shape index (κ2) is 5.38. The fourth-order valence-corrected chi connectivity index (χ4v) is 3.41. The summed E-state index contributed by atoms with van der Waals surface area (Å²) in [5.74, 6) is 0.843. The van der Waals surface area contributed by atoms with Crippen molar-refractivity contribution in [3.63, 3.8) is 0 Å². The predicted octanol–water partition coefficient (Wildman–Crippen LogP) is 2.16. The first kappa shape index (κ1) is 12.9. The van der Waals surface area contributed by atoms with Gasteiger partial charge in [0.2, 0.25) is 5.91 Å². The first-order chi connectivity index (χ1) is 8.15. The molecule has 2 fully saturated rings. The molecule has 0 aromatic heterocycles. The topological polar surface area (TPSA) is 32.3 Å². The van der Waals surface area contributed by atoms with E-state index in [4.69, 9.17) is 0 Å². The molecule has 0 spiro atoms. The molecule has 0 aromatic rings. The maximum atomic E-state index is 12.7. The van der Waals surface area contributed by atoms with Gasteiger partial charge in [-0.1, -0.05) is 13.8 Å². The molecule has 0 aliphatic carbocycles. The highest BCUT2D eigenvalue weighted by atomic mass is 16.2. The maximum absolute atomic E-state index is 12.7. The molecule has 2 aliphatic rings. The van der Waals surface area contributed by atoms with E-state index in [2.05, 4.69) is 31.0 Å². The largest absolute Gasteiger partial charge is 0.336 e. The Morgan fingerprint density at radius 1 is 1.29 bits per heavy atom. The van der Waals surface area contributed by atoms with Crippen LogP contribution in [0.2, 0.25) is 0 Å². The van der Waals surface area contributed by atoms with Crippen LogP contribution in [0.3, 0.4) is 0 Å². The van der Waals surface area contributed by atoms with Gasteiger partial charge in [-0.15, -0.1) is 0 Å². The van der Waals surface area contributed by atoms with Crippen molar-refractivity contribution >= 4 is 5.91 Å². The smallest absolute Gasteiger partial charge is 0.240 e. The summed E-state index contributed by atoms with van der Waals surface area (Å²) in [5, 5.41) is 3.42. The van der Waals surface area contributed by atoms with Crippen molar-refractivity contribution < 1.29 is 4.79 Å². The van der Waals surface area contributed by atoms with Crippen LogP contribution in [0.1, 0.15) is 52.9 Å². The SMILES string of the molecule is CCC1CCC(C)N1C(=O)C1NCCCC1C. The number of hydrogen-bond acceptors (Lipinski definition) is 2. The van der Waals surface area contributed by atoms with Crippen molar-refractivity contribution in [1.29, 1.82) is 0 Å². The average Bonchev–Trinajstić information content (AvgIpc) is 2.70. The predicted molar refractivity (Wildman–Crippen MR) is 69.8 cm³/mol. The summed E-state index contributed by atoms with van der Waals surface area (Å²) in [6.45, 7) is 7.60. The number of hydrogen-bond donors (Lipinski definition) is 1. The normalized spacial score (nSPS) is 38.4. The Balaban J connectivity index is 2.07. The molecule has 0 radical (unpaired) electrons. The molecular weight excluding hydrogens is 212 g/mol. The summed E-state index contributed by atoms with van der Waals surface area (Å²) in [6.07, 6.45) is 5.84. The molecular formula is C14H26N2O. The molecule has 0 saturated carbocycles. The van der Waals surface area contributed by atoms with Crippen molar-refractivity contribution in [3.05, 3.63) is 0 Å². The minimum absolute atomic E-state index is 0.0679. The monoisotopic (exact) mass is 238 g/mol. The van der Waals surface area contributed by atoms with E-state index in [0.29, 0.717) is 23.9 Å². The fourth-order valence-electron chi connectivity index (χ4n) is 3.41. The van der Waals surface area contributed by atoms with E-state index >= 15 is 0 Å². The van der Waals surface area contributed by atoms with E-state index in [1.54, 1.807) is 0 Å². The Kier molecular flexibility index (Phi) is 4.08. The van der Waals surface area contributed by atoms with Gasteiger partial charge in [0.05, 0.1) is 6.04 Å². The molecule has 2 saturated heterocycles. The third-order valence-corrected chi connectivity index (χ3v) is 4.55. The van der Waals surface area contributed by atoms with Crippen LogP contribution < -0.4 is 5.32 Å². The molecule has 4 unspecified atom stereocenters.